The molecule has 3 heteroatoms. The summed E-state index contributed by atoms with van der Waals surface area (Å²) in [6.45, 7) is 0.636. The number of carbonyl (C=O) groups is 1. The molecule has 0 amide bonds. The Balaban J connectivity index is 2.08. The summed E-state index contributed by atoms with van der Waals surface area (Å²) in [5.41, 5.74) is 6.11. The number of carbonyl (C=O) groups excluding carboxylic acids is 1. The molecule has 0 radical (unpaired) electrons. The molecule has 66 valence electrons. The van der Waals surface area contributed by atoms with E-state index in [2.05, 4.69) is 0 Å². The van der Waals surface area contributed by atoms with Gasteiger partial charge in [-0.25, -0.2) is 0 Å². The van der Waals surface area contributed by atoms with Crippen LogP contribution in [0.4, 0.5) is 0 Å². The van der Waals surface area contributed by atoms with E-state index in [1.165, 1.54) is 0 Å². The Labute approximate surface area is 71.6 Å². The SMILES string of the molecule is NC1(C(=O)C2=COCC2)CCC1. The van der Waals surface area contributed by atoms with Crippen LogP contribution in [0, 0.1) is 0 Å². The van der Waals surface area contributed by atoms with Gasteiger partial charge in [-0.2, -0.15) is 0 Å². The normalized spacial score (nSPS) is 25.6. The molecule has 0 aromatic heterocycles. The van der Waals surface area contributed by atoms with Crippen LogP contribution in [0.1, 0.15) is 25.7 Å². The van der Waals surface area contributed by atoms with Crippen LogP contribution in [-0.4, -0.2) is 17.9 Å². The lowest BCUT2D eigenvalue weighted by Gasteiger charge is -2.36. The van der Waals surface area contributed by atoms with Crippen molar-refractivity contribution in [1.29, 1.82) is 0 Å². The van der Waals surface area contributed by atoms with Gasteiger partial charge in [0, 0.05) is 12.0 Å². The van der Waals surface area contributed by atoms with E-state index in [1.54, 1.807) is 6.26 Å². The topological polar surface area (TPSA) is 52.3 Å². The zero-order valence-electron chi connectivity index (χ0n) is 7.01. The lowest BCUT2D eigenvalue weighted by Crippen LogP contribution is -2.54. The Morgan fingerprint density at radius 3 is 2.75 bits per heavy atom. The first-order chi connectivity index (χ1) is 5.72. The summed E-state index contributed by atoms with van der Waals surface area (Å²) in [5, 5.41) is 0. The van der Waals surface area contributed by atoms with Gasteiger partial charge in [0.1, 0.15) is 0 Å². The lowest BCUT2D eigenvalue weighted by atomic mass is 9.72. The molecule has 0 unspecified atom stereocenters. The molecule has 2 aliphatic rings. The second-order valence-electron chi connectivity index (χ2n) is 3.60. The summed E-state index contributed by atoms with van der Waals surface area (Å²) in [5.74, 6) is 0.103. The van der Waals surface area contributed by atoms with Gasteiger partial charge in [-0.15, -0.1) is 0 Å². The van der Waals surface area contributed by atoms with Gasteiger partial charge in [-0.05, 0) is 19.3 Å². The molecular formula is C9H13NO2. The minimum Gasteiger partial charge on any atom is -0.500 e. The summed E-state index contributed by atoms with van der Waals surface area (Å²) < 4.78 is 5.00. The Bertz CT molecular complexity index is 241. The van der Waals surface area contributed by atoms with Crippen molar-refractivity contribution >= 4 is 5.78 Å². The number of ketones is 1. The molecule has 0 saturated heterocycles. The molecule has 2 N–H and O–H groups in total. The minimum atomic E-state index is -0.542. The highest BCUT2D eigenvalue weighted by Crippen LogP contribution is 2.33. The number of ether oxygens (including phenoxy) is 1. The van der Waals surface area contributed by atoms with E-state index >= 15 is 0 Å². The number of hydrogen-bond acceptors (Lipinski definition) is 3. The average molecular weight is 167 g/mol. The molecule has 1 heterocycles. The first-order valence-corrected chi connectivity index (χ1v) is 4.37. The summed E-state index contributed by atoms with van der Waals surface area (Å²) in [4.78, 5) is 11.7. The Kier molecular flexibility index (Phi) is 1.68. The number of rotatable bonds is 2. The first-order valence-electron chi connectivity index (χ1n) is 4.37. The fourth-order valence-electron chi connectivity index (χ4n) is 1.66. The maximum absolute atomic E-state index is 11.7. The van der Waals surface area contributed by atoms with Crippen LogP contribution in [0.2, 0.25) is 0 Å². The Morgan fingerprint density at radius 1 is 1.58 bits per heavy atom. The maximum atomic E-state index is 11.7. The maximum Gasteiger partial charge on any atom is 0.181 e. The smallest absolute Gasteiger partial charge is 0.181 e. The van der Waals surface area contributed by atoms with Crippen LogP contribution in [0.25, 0.3) is 0 Å². The number of Topliss-reactive ketones (excluding diaryl/α,β-unsaturated/α-hetero) is 1. The fraction of sp³-hybridized carbons (Fsp3) is 0.667. The molecule has 0 aromatic carbocycles. The number of nitrogens with two attached hydrogens (primary N) is 1. The van der Waals surface area contributed by atoms with Gasteiger partial charge in [-0.3, -0.25) is 4.79 Å². The van der Waals surface area contributed by atoms with Crippen molar-refractivity contribution in [3.05, 3.63) is 11.8 Å². The predicted octanol–water partition coefficient (Wildman–Crippen LogP) is 0.741. The summed E-state index contributed by atoms with van der Waals surface area (Å²) in [6.07, 6.45) is 5.05. The third-order valence-electron chi connectivity index (χ3n) is 2.70. The monoisotopic (exact) mass is 167 g/mol. The molecule has 3 nitrogen and oxygen atoms in total. The molecule has 0 bridgehead atoms. The first kappa shape index (κ1) is 7.80. The lowest BCUT2D eigenvalue weighted by molar-refractivity contribution is -0.123. The summed E-state index contributed by atoms with van der Waals surface area (Å²) >= 11 is 0. The Morgan fingerprint density at radius 2 is 2.33 bits per heavy atom. The third-order valence-corrected chi connectivity index (χ3v) is 2.70. The minimum absolute atomic E-state index is 0.103. The van der Waals surface area contributed by atoms with Crippen molar-refractivity contribution in [3.8, 4) is 0 Å². The molecule has 1 fully saturated rings. The zero-order valence-corrected chi connectivity index (χ0v) is 7.01. The van der Waals surface area contributed by atoms with Crippen molar-refractivity contribution in [2.24, 2.45) is 5.73 Å². The van der Waals surface area contributed by atoms with Gasteiger partial charge < -0.3 is 10.5 Å². The van der Waals surface area contributed by atoms with E-state index < -0.39 is 5.54 Å². The van der Waals surface area contributed by atoms with E-state index in [4.69, 9.17) is 10.5 Å². The van der Waals surface area contributed by atoms with Gasteiger partial charge >= 0.3 is 0 Å². The number of hydrogen-bond donors (Lipinski definition) is 1. The molecule has 2 rings (SSSR count). The molecule has 0 aromatic rings. The largest absolute Gasteiger partial charge is 0.500 e. The van der Waals surface area contributed by atoms with Gasteiger partial charge in [0.2, 0.25) is 0 Å². The van der Waals surface area contributed by atoms with Crippen LogP contribution in [-0.2, 0) is 9.53 Å². The summed E-state index contributed by atoms with van der Waals surface area (Å²) in [7, 11) is 0. The average Bonchev–Trinajstić information content (AvgIpc) is 2.50. The van der Waals surface area contributed by atoms with Crippen molar-refractivity contribution in [2.75, 3.05) is 6.61 Å². The molecule has 0 atom stereocenters. The van der Waals surface area contributed by atoms with Gasteiger partial charge in [0.05, 0.1) is 18.4 Å². The van der Waals surface area contributed by atoms with Crippen LogP contribution in [0.5, 0.6) is 0 Å². The van der Waals surface area contributed by atoms with E-state index in [0.29, 0.717) is 6.61 Å². The van der Waals surface area contributed by atoms with Crippen LogP contribution < -0.4 is 5.73 Å². The van der Waals surface area contributed by atoms with Crippen LogP contribution >= 0.6 is 0 Å². The highest BCUT2D eigenvalue weighted by molar-refractivity contribution is 6.03. The van der Waals surface area contributed by atoms with Gasteiger partial charge in [0.15, 0.2) is 5.78 Å². The molecule has 12 heavy (non-hydrogen) atoms. The molecule has 1 aliphatic heterocycles. The fourth-order valence-corrected chi connectivity index (χ4v) is 1.66. The Hall–Kier alpha value is -0.830. The quantitative estimate of drug-likeness (QED) is 0.660. The van der Waals surface area contributed by atoms with Crippen LogP contribution in [0.3, 0.4) is 0 Å². The van der Waals surface area contributed by atoms with Gasteiger partial charge in [0.25, 0.3) is 0 Å². The van der Waals surface area contributed by atoms with Crippen molar-refractivity contribution in [3.63, 3.8) is 0 Å². The summed E-state index contributed by atoms with van der Waals surface area (Å²) in [6, 6.07) is 0. The van der Waals surface area contributed by atoms with E-state index in [0.717, 1.165) is 31.3 Å². The third kappa shape index (κ3) is 1.05. The van der Waals surface area contributed by atoms with E-state index in [-0.39, 0.29) is 5.78 Å². The van der Waals surface area contributed by atoms with Crippen LogP contribution in [0.15, 0.2) is 11.8 Å². The zero-order chi connectivity index (χ0) is 8.60. The second kappa shape index (κ2) is 2.59. The van der Waals surface area contributed by atoms with Gasteiger partial charge in [-0.1, -0.05) is 0 Å². The van der Waals surface area contributed by atoms with E-state index in [9.17, 15) is 4.79 Å². The standard InChI is InChI=1S/C9H13NO2/c10-9(3-1-4-9)8(11)7-2-5-12-6-7/h6H,1-5,10H2. The van der Waals surface area contributed by atoms with E-state index in [1.807, 2.05) is 0 Å². The highest BCUT2D eigenvalue weighted by Gasteiger charge is 2.41. The highest BCUT2D eigenvalue weighted by atomic mass is 16.5. The second-order valence-corrected chi connectivity index (χ2v) is 3.60. The predicted molar refractivity (Wildman–Crippen MR) is 44.4 cm³/mol. The van der Waals surface area contributed by atoms with Crippen molar-refractivity contribution in [2.45, 2.75) is 31.2 Å². The molecule has 1 aliphatic carbocycles. The molecule has 0 spiro atoms. The molecule has 1 saturated carbocycles. The molecular weight excluding hydrogens is 154 g/mol. The van der Waals surface area contributed by atoms with Crippen molar-refractivity contribution < 1.29 is 9.53 Å². The van der Waals surface area contributed by atoms with Crippen molar-refractivity contribution in [1.82, 2.24) is 0 Å².